The molecule has 2 aromatic carbocycles. The lowest BCUT2D eigenvalue weighted by molar-refractivity contribution is -0.140. The molecule has 0 saturated heterocycles. The highest BCUT2D eigenvalue weighted by molar-refractivity contribution is 5.86. The summed E-state index contributed by atoms with van der Waals surface area (Å²) in [5.74, 6) is 0.277. The van der Waals surface area contributed by atoms with Gasteiger partial charge in [-0.05, 0) is 42.2 Å². The van der Waals surface area contributed by atoms with Crippen LogP contribution >= 0.6 is 0 Å². The molecule has 0 aromatic heterocycles. The molecule has 0 radical (unpaired) electrons. The maximum Gasteiger partial charge on any atom is 0.333 e. The Balaban J connectivity index is 1.98. The van der Waals surface area contributed by atoms with Crippen LogP contribution in [-0.2, 0) is 16.0 Å². The van der Waals surface area contributed by atoms with Crippen molar-refractivity contribution in [3.05, 3.63) is 66.2 Å². The van der Waals surface area contributed by atoms with E-state index in [1.807, 2.05) is 48.5 Å². The van der Waals surface area contributed by atoms with Gasteiger partial charge in [-0.15, -0.1) is 0 Å². The number of hydrogen-bond acceptors (Lipinski definition) is 4. The molecule has 132 valence electrons. The van der Waals surface area contributed by atoms with Gasteiger partial charge in [0.25, 0.3) is 0 Å². The minimum absolute atomic E-state index is 0.0380. The summed E-state index contributed by atoms with van der Waals surface area (Å²) in [6.45, 7) is 5.30. The molecule has 4 nitrogen and oxygen atoms in total. The third kappa shape index (κ3) is 5.47. The van der Waals surface area contributed by atoms with E-state index in [2.05, 4.69) is 6.58 Å². The quantitative estimate of drug-likeness (QED) is 0.589. The summed E-state index contributed by atoms with van der Waals surface area (Å²) >= 11 is 0. The average Bonchev–Trinajstić information content (AvgIpc) is 2.65. The molecule has 0 bridgehead atoms. The Morgan fingerprint density at radius 1 is 1.08 bits per heavy atom. The van der Waals surface area contributed by atoms with Crippen molar-refractivity contribution in [1.29, 1.82) is 0 Å². The van der Waals surface area contributed by atoms with Gasteiger partial charge in [0.05, 0.1) is 13.7 Å². The SMILES string of the molecule is C=C(C)C(=O)OCC(CO)Cc1ccc(-c2ccc(OC)cc2)cc1. The van der Waals surface area contributed by atoms with E-state index in [4.69, 9.17) is 9.47 Å². The third-order valence-electron chi connectivity index (χ3n) is 3.96. The normalized spacial score (nSPS) is 11.6. The Kier molecular flexibility index (Phi) is 6.78. The predicted molar refractivity (Wildman–Crippen MR) is 98.5 cm³/mol. The smallest absolute Gasteiger partial charge is 0.333 e. The van der Waals surface area contributed by atoms with Crippen molar-refractivity contribution in [2.75, 3.05) is 20.3 Å². The first-order valence-corrected chi connectivity index (χ1v) is 8.20. The molecule has 0 spiro atoms. The zero-order valence-corrected chi connectivity index (χ0v) is 14.7. The Morgan fingerprint density at radius 2 is 1.64 bits per heavy atom. The van der Waals surface area contributed by atoms with Crippen LogP contribution in [0, 0.1) is 5.92 Å². The largest absolute Gasteiger partial charge is 0.497 e. The van der Waals surface area contributed by atoms with Gasteiger partial charge in [0, 0.05) is 18.1 Å². The van der Waals surface area contributed by atoms with Crippen LogP contribution in [0.5, 0.6) is 5.75 Å². The van der Waals surface area contributed by atoms with Crippen LogP contribution in [0.25, 0.3) is 11.1 Å². The number of carbonyl (C=O) groups excluding carboxylic acids is 1. The van der Waals surface area contributed by atoms with Crippen LogP contribution in [0.4, 0.5) is 0 Å². The molecule has 25 heavy (non-hydrogen) atoms. The summed E-state index contributed by atoms with van der Waals surface area (Å²) in [4.78, 5) is 11.5. The lowest BCUT2D eigenvalue weighted by atomic mass is 9.98. The third-order valence-corrected chi connectivity index (χ3v) is 3.96. The summed E-state index contributed by atoms with van der Waals surface area (Å²) in [7, 11) is 1.65. The molecule has 0 aliphatic heterocycles. The maximum absolute atomic E-state index is 11.5. The zero-order chi connectivity index (χ0) is 18.2. The predicted octanol–water partition coefficient (Wildman–Crippen LogP) is 3.63. The van der Waals surface area contributed by atoms with E-state index >= 15 is 0 Å². The van der Waals surface area contributed by atoms with Crippen LogP contribution in [0.3, 0.4) is 0 Å². The number of carbonyl (C=O) groups is 1. The van der Waals surface area contributed by atoms with Gasteiger partial charge >= 0.3 is 5.97 Å². The number of hydrogen-bond donors (Lipinski definition) is 1. The lowest BCUT2D eigenvalue weighted by Crippen LogP contribution is -2.19. The fraction of sp³-hybridized carbons (Fsp3) is 0.286. The highest BCUT2D eigenvalue weighted by Gasteiger charge is 2.12. The van der Waals surface area contributed by atoms with Crippen molar-refractivity contribution < 1.29 is 19.4 Å². The molecule has 0 heterocycles. The molecule has 0 fully saturated rings. The first kappa shape index (κ1) is 18.7. The van der Waals surface area contributed by atoms with Gasteiger partial charge in [0.2, 0.25) is 0 Å². The second-order valence-corrected chi connectivity index (χ2v) is 6.06. The van der Waals surface area contributed by atoms with E-state index in [1.54, 1.807) is 14.0 Å². The molecule has 0 aliphatic carbocycles. The van der Waals surface area contributed by atoms with Crippen molar-refractivity contribution in [3.8, 4) is 16.9 Å². The number of aliphatic hydroxyl groups excluding tert-OH is 1. The minimum Gasteiger partial charge on any atom is -0.497 e. The molecular formula is C21H24O4. The maximum atomic E-state index is 11.5. The highest BCUT2D eigenvalue weighted by Crippen LogP contribution is 2.23. The molecular weight excluding hydrogens is 316 g/mol. The van der Waals surface area contributed by atoms with E-state index in [0.717, 1.165) is 22.4 Å². The molecule has 1 N–H and O–H groups in total. The second kappa shape index (κ2) is 9.04. The molecule has 0 saturated carbocycles. The van der Waals surface area contributed by atoms with Crippen LogP contribution < -0.4 is 4.74 Å². The topological polar surface area (TPSA) is 55.8 Å². The standard InChI is InChI=1S/C21H24O4/c1-15(2)21(23)25-14-17(13-22)12-16-4-6-18(7-5-16)19-8-10-20(24-3)11-9-19/h4-11,17,22H,1,12-14H2,2-3H3. The van der Waals surface area contributed by atoms with E-state index < -0.39 is 5.97 Å². The highest BCUT2D eigenvalue weighted by atomic mass is 16.5. The molecule has 0 amide bonds. The summed E-state index contributed by atoms with van der Waals surface area (Å²) in [6, 6.07) is 16.0. The fourth-order valence-electron chi connectivity index (χ4n) is 2.44. The van der Waals surface area contributed by atoms with Gasteiger partial charge in [-0.3, -0.25) is 0 Å². The van der Waals surface area contributed by atoms with E-state index in [-0.39, 0.29) is 19.1 Å². The van der Waals surface area contributed by atoms with Gasteiger partial charge in [0.1, 0.15) is 5.75 Å². The monoisotopic (exact) mass is 340 g/mol. The second-order valence-electron chi connectivity index (χ2n) is 6.06. The Hall–Kier alpha value is -2.59. The summed E-state index contributed by atoms with van der Waals surface area (Å²) < 4.78 is 10.3. The van der Waals surface area contributed by atoms with E-state index in [0.29, 0.717) is 12.0 Å². The van der Waals surface area contributed by atoms with Crippen LogP contribution in [-0.4, -0.2) is 31.4 Å². The van der Waals surface area contributed by atoms with Crippen molar-refractivity contribution in [3.63, 3.8) is 0 Å². The molecule has 1 atom stereocenters. The molecule has 2 rings (SSSR count). The summed E-state index contributed by atoms with van der Waals surface area (Å²) in [5.41, 5.74) is 3.67. The van der Waals surface area contributed by atoms with Crippen molar-refractivity contribution in [2.24, 2.45) is 5.92 Å². The number of benzene rings is 2. The molecule has 0 aliphatic rings. The minimum atomic E-state index is -0.423. The fourth-order valence-corrected chi connectivity index (χ4v) is 2.44. The summed E-state index contributed by atoms with van der Waals surface area (Å²) in [5, 5.41) is 9.50. The Labute approximate surface area is 148 Å². The number of esters is 1. The van der Waals surface area contributed by atoms with Gasteiger partial charge < -0.3 is 14.6 Å². The van der Waals surface area contributed by atoms with Gasteiger partial charge in [0.15, 0.2) is 0 Å². The number of rotatable bonds is 8. The van der Waals surface area contributed by atoms with Crippen molar-refractivity contribution in [1.82, 2.24) is 0 Å². The van der Waals surface area contributed by atoms with E-state index in [1.165, 1.54) is 0 Å². The first-order chi connectivity index (χ1) is 12.0. The average molecular weight is 340 g/mol. The van der Waals surface area contributed by atoms with Crippen LogP contribution in [0.1, 0.15) is 12.5 Å². The molecule has 1 unspecified atom stereocenters. The van der Waals surface area contributed by atoms with E-state index in [9.17, 15) is 9.90 Å². The zero-order valence-electron chi connectivity index (χ0n) is 14.7. The Bertz CT molecular complexity index is 702. The number of aliphatic hydroxyl groups is 1. The van der Waals surface area contributed by atoms with Gasteiger partial charge in [-0.25, -0.2) is 4.79 Å². The Morgan fingerprint density at radius 3 is 2.12 bits per heavy atom. The molecule has 2 aromatic rings. The summed E-state index contributed by atoms with van der Waals surface area (Å²) in [6.07, 6.45) is 0.642. The van der Waals surface area contributed by atoms with Gasteiger partial charge in [-0.1, -0.05) is 43.0 Å². The van der Waals surface area contributed by atoms with Crippen molar-refractivity contribution in [2.45, 2.75) is 13.3 Å². The van der Waals surface area contributed by atoms with Gasteiger partial charge in [-0.2, -0.15) is 0 Å². The molecule has 4 heteroatoms. The number of ether oxygens (including phenoxy) is 2. The first-order valence-electron chi connectivity index (χ1n) is 8.20. The van der Waals surface area contributed by atoms with Crippen LogP contribution in [0.15, 0.2) is 60.7 Å². The number of methoxy groups -OCH3 is 1. The lowest BCUT2D eigenvalue weighted by Gasteiger charge is -2.15. The van der Waals surface area contributed by atoms with Crippen LogP contribution in [0.2, 0.25) is 0 Å². The van der Waals surface area contributed by atoms with Crippen molar-refractivity contribution >= 4 is 5.97 Å².